The number of aromatic nitrogens is 2. The van der Waals surface area contributed by atoms with E-state index in [4.69, 9.17) is 5.73 Å². The molecule has 0 atom stereocenters. The van der Waals surface area contributed by atoms with Gasteiger partial charge in [0.05, 0.1) is 16.5 Å². The second-order valence-electron chi connectivity index (χ2n) is 4.22. The van der Waals surface area contributed by atoms with Gasteiger partial charge in [-0.05, 0) is 34.1 Å². The van der Waals surface area contributed by atoms with Crippen LogP contribution in [-0.4, -0.2) is 9.78 Å². The van der Waals surface area contributed by atoms with Crippen LogP contribution in [0.3, 0.4) is 0 Å². The predicted octanol–water partition coefficient (Wildman–Crippen LogP) is 4.00. The van der Waals surface area contributed by atoms with E-state index in [1.54, 1.807) is 11.3 Å². The van der Waals surface area contributed by atoms with Gasteiger partial charge in [0.1, 0.15) is 0 Å². The van der Waals surface area contributed by atoms with E-state index in [-0.39, 0.29) is 0 Å². The molecule has 0 aliphatic carbocycles. The molecule has 0 aliphatic heterocycles. The minimum absolute atomic E-state index is 0.779. The Hall–Kier alpha value is -1.59. The van der Waals surface area contributed by atoms with Crippen molar-refractivity contribution in [3.05, 3.63) is 57.5 Å². The molecule has 0 saturated carbocycles. The van der Waals surface area contributed by atoms with Crippen molar-refractivity contribution in [2.24, 2.45) is 0 Å². The lowest BCUT2D eigenvalue weighted by atomic mass is 10.1. The highest BCUT2D eigenvalue weighted by molar-refractivity contribution is 9.11. The number of nitrogens with two attached hydrogens (primary N) is 1. The van der Waals surface area contributed by atoms with Crippen LogP contribution in [0.25, 0.3) is 11.1 Å². The van der Waals surface area contributed by atoms with Gasteiger partial charge in [0.25, 0.3) is 0 Å². The molecule has 0 amide bonds. The van der Waals surface area contributed by atoms with Crippen molar-refractivity contribution in [1.29, 1.82) is 0 Å². The van der Waals surface area contributed by atoms with E-state index in [1.807, 2.05) is 41.3 Å². The summed E-state index contributed by atoms with van der Waals surface area (Å²) in [5.41, 5.74) is 8.83. The fourth-order valence-corrected chi connectivity index (χ4v) is 3.42. The Bertz CT molecular complexity index is 702. The predicted molar refractivity (Wildman–Crippen MR) is 83.2 cm³/mol. The summed E-state index contributed by atoms with van der Waals surface area (Å²) in [5.74, 6) is 0. The molecule has 0 bridgehead atoms. The van der Waals surface area contributed by atoms with E-state index in [1.165, 1.54) is 4.88 Å². The zero-order chi connectivity index (χ0) is 13.2. The van der Waals surface area contributed by atoms with Crippen LogP contribution in [0, 0.1) is 0 Å². The highest BCUT2D eigenvalue weighted by Crippen LogP contribution is 2.26. The molecule has 2 heterocycles. The molecule has 1 aromatic carbocycles. The highest BCUT2D eigenvalue weighted by atomic mass is 79.9. The number of halogens is 1. The molecule has 0 aliphatic rings. The molecule has 0 radical (unpaired) electrons. The van der Waals surface area contributed by atoms with E-state index in [2.05, 4.69) is 33.2 Å². The molecule has 3 rings (SSSR count). The maximum absolute atomic E-state index is 5.98. The Balaban J connectivity index is 1.86. The van der Waals surface area contributed by atoms with Gasteiger partial charge in [0.15, 0.2) is 0 Å². The van der Waals surface area contributed by atoms with Crippen molar-refractivity contribution < 1.29 is 0 Å². The van der Waals surface area contributed by atoms with E-state index < -0.39 is 0 Å². The maximum Gasteiger partial charge on any atom is 0.0752 e. The average molecular weight is 334 g/mol. The lowest BCUT2D eigenvalue weighted by molar-refractivity contribution is 0.695. The van der Waals surface area contributed by atoms with Crippen LogP contribution in [0.15, 0.2) is 52.6 Å². The fraction of sp³-hybridized carbons (Fsp3) is 0.0714. The average Bonchev–Trinajstić information content (AvgIpc) is 3.00. The number of hydrogen-bond donors (Lipinski definition) is 1. The van der Waals surface area contributed by atoms with Crippen molar-refractivity contribution in [3.63, 3.8) is 0 Å². The van der Waals surface area contributed by atoms with Gasteiger partial charge in [0, 0.05) is 27.9 Å². The van der Waals surface area contributed by atoms with Gasteiger partial charge in [-0.2, -0.15) is 5.10 Å². The Morgan fingerprint density at radius 3 is 2.79 bits per heavy atom. The summed E-state index contributed by atoms with van der Waals surface area (Å²) < 4.78 is 3.07. The second-order valence-corrected chi connectivity index (χ2v) is 6.77. The Labute approximate surface area is 123 Å². The molecule has 0 saturated heterocycles. The third-order valence-electron chi connectivity index (χ3n) is 2.85. The maximum atomic E-state index is 5.98. The number of thiophene rings is 1. The summed E-state index contributed by atoms with van der Waals surface area (Å²) in [6.07, 6.45) is 3.88. The van der Waals surface area contributed by atoms with E-state index >= 15 is 0 Å². The Kier molecular flexibility index (Phi) is 3.40. The normalized spacial score (nSPS) is 10.8. The molecular weight excluding hydrogens is 322 g/mol. The monoisotopic (exact) mass is 333 g/mol. The van der Waals surface area contributed by atoms with Crippen molar-refractivity contribution in [1.82, 2.24) is 9.78 Å². The van der Waals surface area contributed by atoms with Crippen molar-refractivity contribution in [2.75, 3.05) is 5.73 Å². The molecule has 3 nitrogen and oxygen atoms in total. The van der Waals surface area contributed by atoms with Crippen LogP contribution in [0.5, 0.6) is 0 Å². The zero-order valence-electron chi connectivity index (χ0n) is 10.1. The second kappa shape index (κ2) is 5.19. The number of nitrogen functional groups attached to an aromatic ring is 1. The molecule has 0 unspecified atom stereocenters. The smallest absolute Gasteiger partial charge is 0.0752 e. The first-order valence-corrected chi connectivity index (χ1v) is 7.45. The van der Waals surface area contributed by atoms with Gasteiger partial charge in [-0.1, -0.05) is 18.2 Å². The first-order chi connectivity index (χ1) is 9.22. The number of para-hydroxylation sites is 1. The molecule has 2 aromatic heterocycles. The number of benzene rings is 1. The quantitative estimate of drug-likeness (QED) is 0.736. The lowest BCUT2D eigenvalue weighted by Crippen LogP contribution is -1.97. The van der Waals surface area contributed by atoms with Crippen LogP contribution < -0.4 is 5.73 Å². The van der Waals surface area contributed by atoms with Crippen LogP contribution in [0.2, 0.25) is 0 Å². The summed E-state index contributed by atoms with van der Waals surface area (Å²) in [6, 6.07) is 12.0. The van der Waals surface area contributed by atoms with E-state index in [0.717, 1.165) is 27.1 Å². The topological polar surface area (TPSA) is 43.8 Å². The van der Waals surface area contributed by atoms with Crippen LogP contribution >= 0.6 is 27.3 Å². The van der Waals surface area contributed by atoms with E-state index in [0.29, 0.717) is 0 Å². The van der Waals surface area contributed by atoms with Gasteiger partial charge >= 0.3 is 0 Å². The highest BCUT2D eigenvalue weighted by Gasteiger charge is 2.06. The molecule has 0 fully saturated rings. The summed E-state index contributed by atoms with van der Waals surface area (Å²) in [4.78, 5) is 1.27. The van der Waals surface area contributed by atoms with Gasteiger partial charge < -0.3 is 5.73 Å². The van der Waals surface area contributed by atoms with Crippen LogP contribution in [0.4, 0.5) is 5.69 Å². The number of hydrogen-bond acceptors (Lipinski definition) is 3. The van der Waals surface area contributed by atoms with E-state index in [9.17, 15) is 0 Å². The van der Waals surface area contributed by atoms with Crippen LogP contribution in [-0.2, 0) is 6.54 Å². The van der Waals surface area contributed by atoms with Crippen molar-refractivity contribution in [2.45, 2.75) is 6.54 Å². The summed E-state index contributed by atoms with van der Waals surface area (Å²) in [6.45, 7) is 0.781. The minimum atomic E-state index is 0.779. The first kappa shape index (κ1) is 12.4. The van der Waals surface area contributed by atoms with Gasteiger partial charge in [-0.15, -0.1) is 11.3 Å². The van der Waals surface area contributed by atoms with Gasteiger partial charge in [-0.25, -0.2) is 0 Å². The van der Waals surface area contributed by atoms with Crippen molar-refractivity contribution in [3.8, 4) is 11.1 Å². The Morgan fingerprint density at radius 1 is 1.21 bits per heavy atom. The van der Waals surface area contributed by atoms with Crippen LogP contribution in [0.1, 0.15) is 4.88 Å². The van der Waals surface area contributed by atoms with Crippen molar-refractivity contribution >= 4 is 33.0 Å². The summed E-state index contributed by atoms with van der Waals surface area (Å²) >= 11 is 5.19. The number of anilines is 1. The van der Waals surface area contributed by atoms with Gasteiger partial charge in [-0.3, -0.25) is 4.68 Å². The third-order valence-corrected chi connectivity index (χ3v) is 4.46. The van der Waals surface area contributed by atoms with Gasteiger partial charge in [0.2, 0.25) is 0 Å². The Morgan fingerprint density at radius 2 is 2.05 bits per heavy atom. The minimum Gasteiger partial charge on any atom is -0.398 e. The zero-order valence-corrected chi connectivity index (χ0v) is 12.5. The molecule has 96 valence electrons. The third kappa shape index (κ3) is 2.72. The molecule has 2 N–H and O–H groups in total. The number of nitrogens with zero attached hydrogens (tertiary/aromatic N) is 2. The largest absolute Gasteiger partial charge is 0.398 e. The molecular formula is C14H12BrN3S. The summed E-state index contributed by atoms with van der Waals surface area (Å²) in [7, 11) is 0. The molecule has 0 spiro atoms. The SMILES string of the molecule is Nc1ccccc1-c1cnn(Cc2ccc(Br)s2)c1. The first-order valence-electron chi connectivity index (χ1n) is 5.84. The molecule has 5 heteroatoms. The fourth-order valence-electron chi connectivity index (χ4n) is 1.95. The number of rotatable bonds is 3. The summed E-state index contributed by atoms with van der Waals surface area (Å²) in [5, 5.41) is 4.39. The molecule has 3 aromatic rings. The lowest BCUT2D eigenvalue weighted by Gasteiger charge is -2.01. The molecule has 19 heavy (non-hydrogen) atoms. The standard InChI is InChI=1S/C14H12BrN3S/c15-14-6-5-11(19-14)9-18-8-10(7-17-18)12-3-1-2-4-13(12)16/h1-8H,9,16H2.